The molecule has 0 aromatic heterocycles. The van der Waals surface area contributed by atoms with Crippen LogP contribution < -0.4 is 0 Å². The topological polar surface area (TPSA) is 52.6 Å². The van der Waals surface area contributed by atoms with Gasteiger partial charge in [-0.1, -0.05) is 71.9 Å². The predicted octanol–water partition coefficient (Wildman–Crippen LogP) is 7.50. The average molecular weight is 461 g/mol. The van der Waals surface area contributed by atoms with E-state index in [2.05, 4.69) is 6.92 Å². The van der Waals surface area contributed by atoms with Crippen LogP contribution in [0.4, 0.5) is 0 Å². The molecule has 4 heteroatoms. The van der Waals surface area contributed by atoms with E-state index in [9.17, 15) is 9.59 Å². The third kappa shape index (κ3) is 8.64. The molecule has 1 aromatic rings. The molecular weight excluding hydrogens is 412 g/mol. The number of carbonyl (C=O) groups excluding carboxylic acids is 2. The van der Waals surface area contributed by atoms with Gasteiger partial charge in [0.2, 0.25) is 0 Å². The molecule has 0 N–H and O–H groups in total. The monoisotopic (exact) mass is 460 g/mol. The molecule has 188 valence electrons. The van der Waals surface area contributed by atoms with Crippen LogP contribution in [0.2, 0.25) is 0 Å². The van der Waals surface area contributed by atoms with Crippen LogP contribution in [0.1, 0.15) is 114 Å². The highest BCUT2D eigenvalue weighted by Crippen LogP contribution is 2.42. The average Bonchev–Trinajstić information content (AvgIpc) is 2.69. The van der Waals surface area contributed by atoms with Gasteiger partial charge in [-0.05, 0) is 59.4 Å². The first-order valence-electron chi connectivity index (χ1n) is 12.4. The first kappa shape index (κ1) is 29.5. The highest BCUT2D eigenvalue weighted by Gasteiger charge is 2.48. The standard InChI is InChI=1S/C29H48O4/c1-12-22(19-16-20-23(30)26(2,3)4)32-29(10,11)28(8,9)25(31)24(33-27(5,6)7)21-17-14-13-15-18-21/h13-15,17-18,22,24H,12,16,19-20H2,1-11H3. The molecule has 33 heavy (non-hydrogen) atoms. The van der Waals surface area contributed by atoms with E-state index in [0.29, 0.717) is 6.42 Å². The van der Waals surface area contributed by atoms with Crippen LogP contribution in [0.5, 0.6) is 0 Å². The van der Waals surface area contributed by atoms with Crippen molar-refractivity contribution in [2.75, 3.05) is 0 Å². The van der Waals surface area contributed by atoms with Crippen LogP contribution in [0.3, 0.4) is 0 Å². The van der Waals surface area contributed by atoms with Gasteiger partial charge in [-0.2, -0.15) is 0 Å². The molecule has 1 aromatic carbocycles. The van der Waals surface area contributed by atoms with Gasteiger partial charge in [0.25, 0.3) is 0 Å². The highest BCUT2D eigenvalue weighted by molar-refractivity contribution is 5.90. The number of hydrogen-bond acceptors (Lipinski definition) is 4. The second kappa shape index (κ2) is 11.3. The summed E-state index contributed by atoms with van der Waals surface area (Å²) in [6.45, 7) is 21.8. The van der Waals surface area contributed by atoms with Crippen molar-refractivity contribution in [1.82, 2.24) is 0 Å². The molecule has 0 spiro atoms. The summed E-state index contributed by atoms with van der Waals surface area (Å²) in [7, 11) is 0. The summed E-state index contributed by atoms with van der Waals surface area (Å²) in [6, 6.07) is 9.69. The molecule has 0 heterocycles. The lowest BCUT2D eigenvalue weighted by Gasteiger charge is -2.44. The summed E-state index contributed by atoms with van der Waals surface area (Å²) in [4.78, 5) is 26.2. The zero-order valence-electron chi connectivity index (χ0n) is 23.0. The Hall–Kier alpha value is -1.52. The van der Waals surface area contributed by atoms with E-state index >= 15 is 0 Å². The highest BCUT2D eigenvalue weighted by atomic mass is 16.5. The third-order valence-electron chi connectivity index (χ3n) is 6.62. The van der Waals surface area contributed by atoms with E-state index in [1.165, 1.54) is 0 Å². The van der Waals surface area contributed by atoms with Crippen LogP contribution >= 0.6 is 0 Å². The van der Waals surface area contributed by atoms with Gasteiger partial charge in [-0.15, -0.1) is 0 Å². The summed E-state index contributed by atoms with van der Waals surface area (Å²) in [6.07, 6.45) is 2.29. The van der Waals surface area contributed by atoms with E-state index in [1.807, 2.05) is 99.6 Å². The molecule has 4 nitrogen and oxygen atoms in total. The molecule has 2 atom stereocenters. The molecule has 1 rings (SSSR count). The number of rotatable bonds is 12. The summed E-state index contributed by atoms with van der Waals surface area (Å²) >= 11 is 0. The number of ketones is 2. The van der Waals surface area contributed by atoms with Crippen molar-refractivity contribution in [2.45, 2.75) is 125 Å². The molecule has 0 fully saturated rings. The Balaban J connectivity index is 3.03. The van der Waals surface area contributed by atoms with Crippen LogP contribution in [-0.2, 0) is 19.1 Å². The van der Waals surface area contributed by atoms with E-state index in [4.69, 9.17) is 9.47 Å². The van der Waals surface area contributed by atoms with Gasteiger partial charge in [-0.25, -0.2) is 0 Å². The largest absolute Gasteiger partial charge is 0.371 e. The van der Waals surface area contributed by atoms with Crippen molar-refractivity contribution < 1.29 is 19.1 Å². The van der Waals surface area contributed by atoms with Crippen molar-refractivity contribution in [3.8, 4) is 0 Å². The molecule has 0 saturated carbocycles. The number of benzene rings is 1. The molecule has 0 aliphatic carbocycles. The maximum absolute atomic E-state index is 13.9. The first-order chi connectivity index (χ1) is 14.9. The van der Waals surface area contributed by atoms with Gasteiger partial charge in [0.15, 0.2) is 5.78 Å². The Bertz CT molecular complexity index is 763. The van der Waals surface area contributed by atoms with Crippen LogP contribution in [-0.4, -0.2) is 28.9 Å². The SMILES string of the molecule is CCC(CCCC(=O)C(C)(C)C)OC(C)(C)C(C)(C)C(=O)C(OC(C)(C)C)c1ccccc1. The van der Waals surface area contributed by atoms with Gasteiger partial charge in [0.1, 0.15) is 11.9 Å². The number of carbonyl (C=O) groups is 2. The van der Waals surface area contributed by atoms with Crippen molar-refractivity contribution >= 4 is 11.6 Å². The number of hydrogen-bond donors (Lipinski definition) is 0. The minimum Gasteiger partial charge on any atom is -0.371 e. The fourth-order valence-corrected chi connectivity index (χ4v) is 3.65. The van der Waals surface area contributed by atoms with E-state index in [0.717, 1.165) is 24.8 Å². The normalized spacial score (nSPS) is 15.2. The number of Topliss-reactive ketones (excluding diaryl/α,β-unsaturated/α-hetero) is 2. The molecule has 0 saturated heterocycles. The van der Waals surface area contributed by atoms with Crippen molar-refractivity contribution in [3.63, 3.8) is 0 Å². The molecule has 2 unspecified atom stereocenters. The molecule has 0 amide bonds. The summed E-state index contributed by atoms with van der Waals surface area (Å²) in [5.41, 5.74) is -1.44. The second-order valence-electron chi connectivity index (χ2n) is 12.2. The van der Waals surface area contributed by atoms with E-state index in [1.54, 1.807) is 0 Å². The predicted molar refractivity (Wildman–Crippen MR) is 136 cm³/mol. The lowest BCUT2D eigenvalue weighted by molar-refractivity contribution is -0.177. The van der Waals surface area contributed by atoms with Crippen LogP contribution in [0, 0.1) is 10.8 Å². The zero-order valence-corrected chi connectivity index (χ0v) is 23.0. The lowest BCUT2D eigenvalue weighted by Crippen LogP contribution is -2.51. The third-order valence-corrected chi connectivity index (χ3v) is 6.62. The van der Waals surface area contributed by atoms with Crippen molar-refractivity contribution in [1.29, 1.82) is 0 Å². The smallest absolute Gasteiger partial charge is 0.174 e. The van der Waals surface area contributed by atoms with E-state index in [-0.39, 0.29) is 23.1 Å². The van der Waals surface area contributed by atoms with E-state index < -0.39 is 22.7 Å². The fraction of sp³-hybridized carbons (Fsp3) is 0.724. The minimum atomic E-state index is -0.798. The zero-order chi connectivity index (χ0) is 25.7. The van der Waals surface area contributed by atoms with Gasteiger partial charge in [0.05, 0.1) is 22.7 Å². The quantitative estimate of drug-likeness (QED) is 0.324. The minimum absolute atomic E-state index is 0.00592. The van der Waals surface area contributed by atoms with Gasteiger partial charge >= 0.3 is 0 Å². The Morgan fingerprint density at radius 3 is 1.85 bits per heavy atom. The van der Waals surface area contributed by atoms with Crippen LogP contribution in [0.15, 0.2) is 30.3 Å². The van der Waals surface area contributed by atoms with Crippen molar-refractivity contribution in [2.24, 2.45) is 10.8 Å². The maximum Gasteiger partial charge on any atom is 0.174 e. The van der Waals surface area contributed by atoms with Gasteiger partial charge in [-0.3, -0.25) is 9.59 Å². The van der Waals surface area contributed by atoms with Crippen LogP contribution in [0.25, 0.3) is 0 Å². The summed E-state index contributed by atoms with van der Waals surface area (Å²) < 4.78 is 12.8. The first-order valence-corrected chi connectivity index (χ1v) is 12.4. The molecule has 0 aliphatic rings. The fourth-order valence-electron chi connectivity index (χ4n) is 3.65. The Morgan fingerprint density at radius 1 is 0.848 bits per heavy atom. The second-order valence-corrected chi connectivity index (χ2v) is 12.2. The Labute approximate surface area is 202 Å². The van der Waals surface area contributed by atoms with Crippen molar-refractivity contribution in [3.05, 3.63) is 35.9 Å². The Kier molecular flexibility index (Phi) is 10.1. The maximum atomic E-state index is 13.9. The summed E-state index contributed by atoms with van der Waals surface area (Å²) in [5, 5.41) is 0. The van der Waals surface area contributed by atoms with Gasteiger partial charge in [0, 0.05) is 11.8 Å². The molecular formula is C29H48O4. The van der Waals surface area contributed by atoms with Gasteiger partial charge < -0.3 is 9.47 Å². The Morgan fingerprint density at radius 2 is 1.39 bits per heavy atom. The molecule has 0 bridgehead atoms. The molecule has 0 radical (unpaired) electrons. The molecule has 0 aliphatic heterocycles. The number of ether oxygens (including phenoxy) is 2. The summed E-state index contributed by atoms with van der Waals surface area (Å²) in [5.74, 6) is 0.281. The lowest BCUT2D eigenvalue weighted by atomic mass is 9.71.